The standard InChI is InChI=1S/C13H16FN5O/c1-20-11-6-15-5-10-12(11)13(18-8-17-10)19-3-2-16-9(4-14)7-19/h5-6,8-9,16H,2-4,7H2,1H3/t9-/m1/s1. The van der Waals surface area contributed by atoms with Gasteiger partial charge >= 0.3 is 0 Å². The van der Waals surface area contributed by atoms with Crippen LogP contribution in [-0.2, 0) is 0 Å². The van der Waals surface area contributed by atoms with Gasteiger partial charge in [0.15, 0.2) is 0 Å². The van der Waals surface area contributed by atoms with Gasteiger partial charge in [-0.25, -0.2) is 14.4 Å². The van der Waals surface area contributed by atoms with E-state index in [1.54, 1.807) is 19.5 Å². The lowest BCUT2D eigenvalue weighted by Crippen LogP contribution is -2.52. The minimum absolute atomic E-state index is 0.165. The molecule has 1 saturated heterocycles. The predicted octanol–water partition coefficient (Wildman–Crippen LogP) is 0.781. The van der Waals surface area contributed by atoms with Crippen molar-refractivity contribution in [3.8, 4) is 5.75 Å². The second-order valence-corrected chi connectivity index (χ2v) is 4.68. The quantitative estimate of drug-likeness (QED) is 0.894. The summed E-state index contributed by atoms with van der Waals surface area (Å²) < 4.78 is 18.2. The third-order valence-electron chi connectivity index (χ3n) is 3.45. The fourth-order valence-electron chi connectivity index (χ4n) is 2.48. The summed E-state index contributed by atoms with van der Waals surface area (Å²) in [4.78, 5) is 14.7. The molecule has 1 aliphatic rings. The molecule has 0 radical (unpaired) electrons. The number of nitrogens with one attached hydrogen (secondary N) is 1. The smallest absolute Gasteiger partial charge is 0.150 e. The second-order valence-electron chi connectivity index (χ2n) is 4.68. The third-order valence-corrected chi connectivity index (χ3v) is 3.45. The van der Waals surface area contributed by atoms with Gasteiger partial charge in [0.25, 0.3) is 0 Å². The van der Waals surface area contributed by atoms with Crippen LogP contribution in [0.3, 0.4) is 0 Å². The van der Waals surface area contributed by atoms with Gasteiger partial charge in [-0.15, -0.1) is 0 Å². The number of alkyl halides is 1. The second kappa shape index (κ2) is 5.54. The summed E-state index contributed by atoms with van der Waals surface area (Å²) in [5.74, 6) is 1.41. The molecule has 0 aromatic carbocycles. The number of ether oxygens (including phenoxy) is 1. The van der Waals surface area contributed by atoms with Crippen LogP contribution in [0.5, 0.6) is 5.75 Å². The summed E-state index contributed by atoms with van der Waals surface area (Å²) in [7, 11) is 1.59. The molecule has 2 aromatic heterocycles. The summed E-state index contributed by atoms with van der Waals surface area (Å²) in [6, 6.07) is -0.165. The maximum absolute atomic E-state index is 12.9. The van der Waals surface area contributed by atoms with E-state index < -0.39 is 6.67 Å². The Hall–Kier alpha value is -2.02. The van der Waals surface area contributed by atoms with E-state index in [9.17, 15) is 4.39 Å². The molecule has 3 heterocycles. The SMILES string of the molecule is COc1cncc2ncnc(N3CCN[C@H](CF)C3)c12. The first-order valence-corrected chi connectivity index (χ1v) is 6.50. The van der Waals surface area contributed by atoms with Crippen molar-refractivity contribution in [2.75, 3.05) is 38.3 Å². The van der Waals surface area contributed by atoms with Crippen LogP contribution in [-0.4, -0.2) is 54.4 Å². The fourth-order valence-corrected chi connectivity index (χ4v) is 2.48. The highest BCUT2D eigenvalue weighted by Gasteiger charge is 2.23. The van der Waals surface area contributed by atoms with Crippen LogP contribution < -0.4 is 15.0 Å². The summed E-state index contributed by atoms with van der Waals surface area (Å²) in [6.45, 7) is 1.69. The van der Waals surface area contributed by atoms with Crippen molar-refractivity contribution in [2.24, 2.45) is 0 Å². The van der Waals surface area contributed by atoms with E-state index in [0.29, 0.717) is 12.3 Å². The van der Waals surface area contributed by atoms with Gasteiger partial charge in [0.05, 0.1) is 36.4 Å². The molecule has 2 aromatic rings. The Labute approximate surface area is 116 Å². The van der Waals surface area contributed by atoms with E-state index in [0.717, 1.165) is 29.8 Å². The summed E-state index contributed by atoms with van der Waals surface area (Å²) in [5, 5.41) is 3.97. The topological polar surface area (TPSA) is 63.2 Å². The number of halogens is 1. The zero-order valence-electron chi connectivity index (χ0n) is 11.2. The van der Waals surface area contributed by atoms with Gasteiger partial charge in [-0.3, -0.25) is 4.98 Å². The molecule has 0 saturated carbocycles. The van der Waals surface area contributed by atoms with Crippen molar-refractivity contribution in [1.29, 1.82) is 0 Å². The number of pyridine rings is 1. The number of fused-ring (bicyclic) bond motifs is 1. The molecular formula is C13H16FN5O. The monoisotopic (exact) mass is 277 g/mol. The molecule has 106 valence electrons. The highest BCUT2D eigenvalue weighted by atomic mass is 19.1. The first-order chi connectivity index (χ1) is 9.83. The Morgan fingerprint density at radius 1 is 1.45 bits per heavy atom. The highest BCUT2D eigenvalue weighted by molar-refractivity contribution is 5.94. The van der Waals surface area contributed by atoms with Crippen molar-refractivity contribution in [3.05, 3.63) is 18.7 Å². The van der Waals surface area contributed by atoms with Gasteiger partial charge in [0.1, 0.15) is 24.6 Å². The molecule has 1 aliphatic heterocycles. The van der Waals surface area contributed by atoms with Crippen LogP contribution in [0.25, 0.3) is 10.9 Å². The molecule has 20 heavy (non-hydrogen) atoms. The lowest BCUT2D eigenvalue weighted by molar-refractivity contribution is 0.352. The Morgan fingerprint density at radius 3 is 3.15 bits per heavy atom. The number of piperazine rings is 1. The molecule has 7 heteroatoms. The van der Waals surface area contributed by atoms with Gasteiger partial charge in [-0.05, 0) is 0 Å². The number of methoxy groups -OCH3 is 1. The Bertz CT molecular complexity index is 603. The van der Waals surface area contributed by atoms with E-state index in [-0.39, 0.29) is 6.04 Å². The van der Waals surface area contributed by atoms with E-state index in [2.05, 4.69) is 25.2 Å². The summed E-state index contributed by atoms with van der Waals surface area (Å²) in [6.07, 6.45) is 4.83. The Kier molecular flexibility index (Phi) is 3.60. The normalized spacial score (nSPS) is 19.3. The maximum atomic E-state index is 12.9. The number of anilines is 1. The van der Waals surface area contributed by atoms with Crippen LogP contribution in [0.15, 0.2) is 18.7 Å². The van der Waals surface area contributed by atoms with Crippen LogP contribution in [0.1, 0.15) is 0 Å². The lowest BCUT2D eigenvalue weighted by atomic mass is 10.2. The fraction of sp³-hybridized carbons (Fsp3) is 0.462. The summed E-state index contributed by atoms with van der Waals surface area (Å²) >= 11 is 0. The zero-order valence-corrected chi connectivity index (χ0v) is 11.2. The minimum Gasteiger partial charge on any atom is -0.494 e. The van der Waals surface area contributed by atoms with Gasteiger partial charge in [-0.2, -0.15) is 0 Å². The average Bonchev–Trinajstić information content (AvgIpc) is 2.53. The van der Waals surface area contributed by atoms with E-state index >= 15 is 0 Å². The molecule has 3 rings (SSSR count). The van der Waals surface area contributed by atoms with Crippen molar-refractivity contribution < 1.29 is 9.13 Å². The first kappa shape index (κ1) is 13.0. The van der Waals surface area contributed by atoms with Crippen molar-refractivity contribution >= 4 is 16.7 Å². The number of hydrogen-bond donors (Lipinski definition) is 1. The van der Waals surface area contributed by atoms with Gasteiger partial charge in [0, 0.05) is 19.6 Å². The Morgan fingerprint density at radius 2 is 2.35 bits per heavy atom. The molecule has 1 fully saturated rings. The van der Waals surface area contributed by atoms with Crippen molar-refractivity contribution in [2.45, 2.75) is 6.04 Å². The number of hydrogen-bond acceptors (Lipinski definition) is 6. The predicted molar refractivity (Wildman–Crippen MR) is 73.9 cm³/mol. The molecule has 1 N–H and O–H groups in total. The maximum Gasteiger partial charge on any atom is 0.150 e. The number of nitrogens with zero attached hydrogens (tertiary/aromatic N) is 4. The summed E-state index contributed by atoms with van der Waals surface area (Å²) in [5.41, 5.74) is 0.727. The average molecular weight is 277 g/mol. The molecule has 0 aliphatic carbocycles. The number of aromatic nitrogens is 3. The molecule has 0 unspecified atom stereocenters. The van der Waals surface area contributed by atoms with Crippen LogP contribution in [0.2, 0.25) is 0 Å². The molecule has 0 amide bonds. The van der Waals surface area contributed by atoms with Crippen LogP contribution in [0, 0.1) is 0 Å². The van der Waals surface area contributed by atoms with E-state index in [1.807, 2.05) is 0 Å². The zero-order chi connectivity index (χ0) is 13.9. The van der Waals surface area contributed by atoms with E-state index in [4.69, 9.17) is 4.74 Å². The highest BCUT2D eigenvalue weighted by Crippen LogP contribution is 2.31. The molecule has 6 nitrogen and oxygen atoms in total. The van der Waals surface area contributed by atoms with Crippen molar-refractivity contribution in [1.82, 2.24) is 20.3 Å². The molecular weight excluding hydrogens is 261 g/mol. The van der Waals surface area contributed by atoms with E-state index in [1.165, 1.54) is 6.33 Å². The van der Waals surface area contributed by atoms with Crippen LogP contribution in [0.4, 0.5) is 10.2 Å². The third kappa shape index (κ3) is 2.24. The van der Waals surface area contributed by atoms with Crippen molar-refractivity contribution in [3.63, 3.8) is 0 Å². The molecule has 0 bridgehead atoms. The Balaban J connectivity index is 2.06. The van der Waals surface area contributed by atoms with Gasteiger partial charge in [-0.1, -0.05) is 0 Å². The number of rotatable bonds is 3. The lowest BCUT2D eigenvalue weighted by Gasteiger charge is -2.33. The largest absolute Gasteiger partial charge is 0.494 e. The minimum atomic E-state index is -0.391. The first-order valence-electron chi connectivity index (χ1n) is 6.50. The van der Waals surface area contributed by atoms with Gasteiger partial charge in [0.2, 0.25) is 0 Å². The molecule has 1 atom stereocenters. The van der Waals surface area contributed by atoms with Gasteiger partial charge < -0.3 is 15.0 Å². The van der Waals surface area contributed by atoms with Crippen LogP contribution >= 0.6 is 0 Å². The molecule has 0 spiro atoms.